The number of carbonyl (C=O) groups is 1. The number of benzene rings is 1. The first-order valence-electron chi connectivity index (χ1n) is 5.02. The van der Waals surface area contributed by atoms with Crippen molar-refractivity contribution in [1.29, 1.82) is 0 Å². The van der Waals surface area contributed by atoms with Crippen molar-refractivity contribution in [3.63, 3.8) is 0 Å². The molecule has 0 atom stereocenters. The minimum atomic E-state index is -1.12. The molecule has 0 aliphatic carbocycles. The highest BCUT2D eigenvalue weighted by Gasteiger charge is 2.12. The van der Waals surface area contributed by atoms with E-state index in [2.05, 4.69) is 25.9 Å². The summed E-state index contributed by atoms with van der Waals surface area (Å²) in [6, 6.07) is 8.57. The fraction of sp³-hybridized carbons (Fsp3) is 0.0833. The zero-order chi connectivity index (χ0) is 13.1. The van der Waals surface area contributed by atoms with Crippen molar-refractivity contribution in [3.8, 4) is 17.3 Å². The van der Waals surface area contributed by atoms with Gasteiger partial charge in [0.05, 0.1) is 7.11 Å². The lowest BCUT2D eigenvalue weighted by molar-refractivity contribution is 0.0690. The lowest BCUT2D eigenvalue weighted by Crippen LogP contribution is -2.04. The Bertz CT molecular complexity index is 602. The number of nitrogens with zero attached hydrogens (tertiary/aromatic N) is 2. The van der Waals surface area contributed by atoms with E-state index < -0.39 is 5.97 Å². The molecule has 0 aliphatic heterocycles. The van der Waals surface area contributed by atoms with Gasteiger partial charge in [-0.3, -0.25) is 0 Å². The van der Waals surface area contributed by atoms with Crippen LogP contribution >= 0.6 is 15.9 Å². The van der Waals surface area contributed by atoms with Crippen LogP contribution in [0.4, 0.5) is 0 Å². The molecule has 0 spiro atoms. The van der Waals surface area contributed by atoms with Gasteiger partial charge in [0.1, 0.15) is 0 Å². The van der Waals surface area contributed by atoms with Gasteiger partial charge in [0.2, 0.25) is 5.88 Å². The Morgan fingerprint density at radius 1 is 1.33 bits per heavy atom. The van der Waals surface area contributed by atoms with Gasteiger partial charge in [-0.05, 0) is 12.1 Å². The predicted octanol–water partition coefficient (Wildman–Crippen LogP) is 2.61. The quantitative estimate of drug-likeness (QED) is 0.943. The molecule has 1 aromatic heterocycles. The Morgan fingerprint density at radius 2 is 2.11 bits per heavy atom. The Hall–Kier alpha value is -1.95. The first-order valence-corrected chi connectivity index (χ1v) is 5.82. The topological polar surface area (TPSA) is 72.3 Å². The number of halogens is 1. The average Bonchev–Trinajstić information content (AvgIpc) is 2.38. The minimum absolute atomic E-state index is 0.100. The fourth-order valence-corrected chi connectivity index (χ4v) is 1.80. The summed E-state index contributed by atoms with van der Waals surface area (Å²) >= 11 is 3.34. The first kappa shape index (κ1) is 12.5. The monoisotopic (exact) mass is 308 g/mol. The van der Waals surface area contributed by atoms with Crippen LogP contribution in [0.3, 0.4) is 0 Å². The summed E-state index contributed by atoms with van der Waals surface area (Å²) in [4.78, 5) is 19.1. The molecule has 0 aliphatic rings. The van der Waals surface area contributed by atoms with Gasteiger partial charge in [-0.25, -0.2) is 9.78 Å². The fourth-order valence-electron chi connectivity index (χ4n) is 1.40. The van der Waals surface area contributed by atoms with Crippen LogP contribution in [0.5, 0.6) is 5.88 Å². The van der Waals surface area contributed by atoms with Gasteiger partial charge in [-0.2, -0.15) is 4.98 Å². The SMILES string of the molecule is COc1cc(C(=O)O)nc(-c2cccc(Br)c2)n1. The van der Waals surface area contributed by atoms with Gasteiger partial charge >= 0.3 is 5.97 Å². The molecule has 0 saturated heterocycles. The molecule has 0 amide bonds. The number of hydrogen-bond acceptors (Lipinski definition) is 4. The zero-order valence-corrected chi connectivity index (χ0v) is 11.0. The van der Waals surface area contributed by atoms with Gasteiger partial charge in [-0.1, -0.05) is 28.1 Å². The Balaban J connectivity index is 2.56. The van der Waals surface area contributed by atoms with Gasteiger partial charge < -0.3 is 9.84 Å². The van der Waals surface area contributed by atoms with Crippen LogP contribution in [-0.4, -0.2) is 28.2 Å². The Labute approximate surface area is 112 Å². The highest BCUT2D eigenvalue weighted by atomic mass is 79.9. The predicted molar refractivity (Wildman–Crippen MR) is 68.7 cm³/mol. The third-order valence-corrected chi connectivity index (χ3v) is 2.71. The van der Waals surface area contributed by atoms with E-state index in [1.54, 1.807) is 12.1 Å². The molecule has 2 aromatic rings. The molecule has 1 aromatic carbocycles. The number of aromatic nitrogens is 2. The Morgan fingerprint density at radius 3 is 2.72 bits per heavy atom. The summed E-state index contributed by atoms with van der Waals surface area (Å²) in [5.41, 5.74) is 0.614. The molecule has 6 heteroatoms. The third-order valence-electron chi connectivity index (χ3n) is 2.21. The number of ether oxygens (including phenoxy) is 1. The molecule has 0 unspecified atom stereocenters. The molecule has 5 nitrogen and oxygen atoms in total. The maximum absolute atomic E-state index is 11.0. The minimum Gasteiger partial charge on any atom is -0.481 e. The number of carboxylic acid groups (broad SMARTS) is 1. The van der Waals surface area contributed by atoms with Crippen LogP contribution in [-0.2, 0) is 0 Å². The van der Waals surface area contributed by atoms with E-state index in [0.717, 1.165) is 4.47 Å². The largest absolute Gasteiger partial charge is 0.481 e. The Kier molecular flexibility index (Phi) is 3.57. The van der Waals surface area contributed by atoms with Crippen molar-refractivity contribution in [1.82, 2.24) is 9.97 Å². The van der Waals surface area contributed by atoms with Crippen molar-refractivity contribution >= 4 is 21.9 Å². The lowest BCUT2D eigenvalue weighted by Gasteiger charge is -2.05. The number of carboxylic acids is 1. The molecular weight excluding hydrogens is 300 g/mol. The number of aromatic carboxylic acids is 1. The van der Waals surface area contributed by atoms with E-state index in [1.165, 1.54) is 13.2 Å². The second kappa shape index (κ2) is 5.14. The van der Waals surface area contributed by atoms with Crippen LogP contribution < -0.4 is 4.74 Å². The van der Waals surface area contributed by atoms with E-state index in [1.807, 2.05) is 12.1 Å². The average molecular weight is 309 g/mol. The van der Waals surface area contributed by atoms with Crippen molar-refractivity contribution in [2.24, 2.45) is 0 Å². The summed E-state index contributed by atoms with van der Waals surface area (Å²) in [6.45, 7) is 0. The van der Waals surface area contributed by atoms with Crippen LogP contribution in [0.25, 0.3) is 11.4 Å². The number of hydrogen-bond donors (Lipinski definition) is 1. The van der Waals surface area contributed by atoms with Gasteiger partial charge in [0.15, 0.2) is 11.5 Å². The molecule has 18 heavy (non-hydrogen) atoms. The van der Waals surface area contributed by atoms with Crippen LogP contribution in [0.1, 0.15) is 10.5 Å². The second-order valence-electron chi connectivity index (χ2n) is 3.43. The van der Waals surface area contributed by atoms with E-state index in [0.29, 0.717) is 11.4 Å². The summed E-state index contributed by atoms with van der Waals surface area (Å²) in [7, 11) is 1.43. The van der Waals surface area contributed by atoms with E-state index >= 15 is 0 Å². The maximum Gasteiger partial charge on any atom is 0.354 e. The van der Waals surface area contributed by atoms with Crippen LogP contribution in [0, 0.1) is 0 Å². The lowest BCUT2D eigenvalue weighted by atomic mass is 10.2. The summed E-state index contributed by atoms with van der Waals surface area (Å²) in [5.74, 6) is -0.586. The van der Waals surface area contributed by atoms with Crippen LogP contribution in [0.2, 0.25) is 0 Å². The maximum atomic E-state index is 11.0. The first-order chi connectivity index (χ1) is 8.60. The molecule has 0 bridgehead atoms. The van der Waals surface area contributed by atoms with Gasteiger partial charge in [-0.15, -0.1) is 0 Å². The summed E-state index contributed by atoms with van der Waals surface area (Å²) < 4.78 is 5.84. The van der Waals surface area contributed by atoms with E-state index in [-0.39, 0.29) is 11.6 Å². The van der Waals surface area contributed by atoms with Crippen molar-refractivity contribution in [2.75, 3.05) is 7.11 Å². The zero-order valence-electron chi connectivity index (χ0n) is 9.42. The molecule has 2 rings (SSSR count). The normalized spacial score (nSPS) is 10.1. The third kappa shape index (κ3) is 2.65. The molecule has 0 fully saturated rings. The summed E-state index contributed by atoms with van der Waals surface area (Å²) in [5, 5.41) is 8.98. The van der Waals surface area contributed by atoms with Gasteiger partial charge in [0.25, 0.3) is 0 Å². The molecule has 1 N–H and O–H groups in total. The van der Waals surface area contributed by atoms with Gasteiger partial charge in [0, 0.05) is 16.1 Å². The van der Waals surface area contributed by atoms with E-state index in [4.69, 9.17) is 9.84 Å². The van der Waals surface area contributed by atoms with Crippen molar-refractivity contribution < 1.29 is 14.6 Å². The second-order valence-corrected chi connectivity index (χ2v) is 4.35. The molecule has 0 saturated carbocycles. The molecule has 92 valence electrons. The molecule has 0 radical (unpaired) electrons. The highest BCUT2D eigenvalue weighted by molar-refractivity contribution is 9.10. The van der Waals surface area contributed by atoms with Crippen molar-refractivity contribution in [3.05, 3.63) is 40.5 Å². The molecule has 1 heterocycles. The van der Waals surface area contributed by atoms with Crippen LogP contribution in [0.15, 0.2) is 34.8 Å². The van der Waals surface area contributed by atoms with Crippen molar-refractivity contribution in [2.45, 2.75) is 0 Å². The molecular formula is C12H9BrN2O3. The smallest absolute Gasteiger partial charge is 0.354 e. The van der Waals surface area contributed by atoms with E-state index in [9.17, 15) is 4.79 Å². The highest BCUT2D eigenvalue weighted by Crippen LogP contribution is 2.22. The number of methoxy groups -OCH3 is 1. The summed E-state index contributed by atoms with van der Waals surface area (Å²) in [6.07, 6.45) is 0. The number of rotatable bonds is 3. The standard InChI is InChI=1S/C12H9BrN2O3/c1-18-10-6-9(12(16)17)14-11(15-10)7-3-2-4-8(13)5-7/h2-6H,1H3,(H,16,17).